The highest BCUT2D eigenvalue weighted by Gasteiger charge is 2.16. The van der Waals surface area contributed by atoms with Crippen LogP contribution in [0.1, 0.15) is 46.0 Å². The Morgan fingerprint density at radius 2 is 1.45 bits per heavy atom. The van der Waals surface area contributed by atoms with Crippen LogP contribution >= 0.6 is 11.8 Å². The quantitative estimate of drug-likeness (QED) is 0.0668. The number of hydrogen-bond acceptors (Lipinski definition) is 6. The number of rotatable bonds is 13. The summed E-state index contributed by atoms with van der Waals surface area (Å²) in [6, 6.07) is 31.5. The summed E-state index contributed by atoms with van der Waals surface area (Å²) in [5, 5.41) is 8.39. The molecular formula is C35H33N3O5S. The largest absolute Gasteiger partial charge is 0.462 e. The van der Waals surface area contributed by atoms with Gasteiger partial charge in [0.05, 0.1) is 17.9 Å². The molecule has 8 nitrogen and oxygen atoms in total. The Kier molecular flexibility index (Phi) is 11.9. The van der Waals surface area contributed by atoms with Gasteiger partial charge in [-0.25, -0.2) is 4.79 Å². The second-order valence-electron chi connectivity index (χ2n) is 9.67. The Labute approximate surface area is 260 Å². The molecule has 9 heteroatoms. The van der Waals surface area contributed by atoms with Crippen molar-refractivity contribution in [2.24, 2.45) is 0 Å². The van der Waals surface area contributed by atoms with Crippen LogP contribution in [0.5, 0.6) is 0 Å². The lowest BCUT2D eigenvalue weighted by Crippen LogP contribution is -2.30. The first-order valence-electron chi connectivity index (χ1n) is 14.2. The molecule has 224 valence electrons. The van der Waals surface area contributed by atoms with E-state index < -0.39 is 11.8 Å². The number of carbonyl (C=O) groups excluding carboxylic acids is 4. The molecule has 4 aromatic carbocycles. The number of unbranched alkanes of at least 4 members (excludes halogenated alkanes) is 1. The molecule has 0 aliphatic rings. The van der Waals surface area contributed by atoms with Crippen LogP contribution < -0.4 is 16.0 Å². The van der Waals surface area contributed by atoms with Crippen molar-refractivity contribution < 1.29 is 23.9 Å². The molecule has 0 atom stereocenters. The second kappa shape index (κ2) is 16.5. The number of benzene rings is 4. The van der Waals surface area contributed by atoms with E-state index in [0.717, 1.165) is 23.3 Å². The van der Waals surface area contributed by atoms with E-state index in [1.807, 2.05) is 49.4 Å². The fourth-order valence-corrected chi connectivity index (χ4v) is 4.70. The lowest BCUT2D eigenvalue weighted by Gasteiger charge is -2.12. The van der Waals surface area contributed by atoms with Gasteiger partial charge in [-0.05, 0) is 72.7 Å². The number of nitrogens with one attached hydrogen (secondary N) is 3. The van der Waals surface area contributed by atoms with Crippen LogP contribution in [0, 0.1) is 0 Å². The normalized spacial score (nSPS) is 10.9. The number of anilines is 2. The van der Waals surface area contributed by atoms with Gasteiger partial charge in [-0.1, -0.05) is 67.9 Å². The minimum Gasteiger partial charge on any atom is -0.462 e. The minimum absolute atomic E-state index is 0.0859. The summed E-state index contributed by atoms with van der Waals surface area (Å²) in [5.41, 5.74) is 2.77. The average Bonchev–Trinajstić information content (AvgIpc) is 3.05. The Morgan fingerprint density at radius 1 is 0.750 bits per heavy atom. The first-order chi connectivity index (χ1) is 21.4. The molecule has 4 rings (SSSR count). The van der Waals surface area contributed by atoms with E-state index in [4.69, 9.17) is 4.74 Å². The van der Waals surface area contributed by atoms with Crippen molar-refractivity contribution in [3.05, 3.63) is 132 Å². The highest BCUT2D eigenvalue weighted by Crippen LogP contribution is 2.23. The van der Waals surface area contributed by atoms with Crippen LogP contribution in [0.2, 0.25) is 0 Å². The van der Waals surface area contributed by atoms with Crippen molar-refractivity contribution in [3.8, 4) is 0 Å². The van der Waals surface area contributed by atoms with Crippen LogP contribution in [0.4, 0.5) is 11.4 Å². The van der Waals surface area contributed by atoms with E-state index in [2.05, 4.69) is 16.0 Å². The standard InChI is InChI=1S/C35H33N3O5S/c1-2-3-21-43-35(42)27-17-19-28(20-18-27)36-32(39)24-44-30-16-10-15-29(23-30)37-34(41)31(22-25-11-6-4-7-12-25)38-33(40)26-13-8-5-9-14-26/h4-20,22-23H,2-3,21,24H2,1H3,(H,36,39)(H,37,41)(H,38,40)/b31-22-. The summed E-state index contributed by atoms with van der Waals surface area (Å²) in [5.74, 6) is -1.38. The molecule has 44 heavy (non-hydrogen) atoms. The third kappa shape index (κ3) is 9.99. The van der Waals surface area contributed by atoms with Crippen LogP contribution in [0.25, 0.3) is 6.08 Å². The fraction of sp³-hybridized carbons (Fsp3) is 0.143. The van der Waals surface area contributed by atoms with Gasteiger partial charge >= 0.3 is 5.97 Å². The Hall–Kier alpha value is -5.15. The maximum Gasteiger partial charge on any atom is 0.338 e. The predicted octanol–water partition coefficient (Wildman–Crippen LogP) is 6.78. The van der Waals surface area contributed by atoms with Crippen molar-refractivity contribution in [1.29, 1.82) is 0 Å². The van der Waals surface area contributed by atoms with Crippen molar-refractivity contribution in [2.45, 2.75) is 24.7 Å². The van der Waals surface area contributed by atoms with E-state index in [9.17, 15) is 19.2 Å². The van der Waals surface area contributed by atoms with Gasteiger partial charge in [0.25, 0.3) is 11.8 Å². The van der Waals surface area contributed by atoms with E-state index in [1.54, 1.807) is 72.8 Å². The lowest BCUT2D eigenvalue weighted by molar-refractivity contribution is -0.114. The Balaban J connectivity index is 1.35. The van der Waals surface area contributed by atoms with Crippen LogP contribution in [-0.4, -0.2) is 36.1 Å². The van der Waals surface area contributed by atoms with Gasteiger partial charge in [0.15, 0.2) is 0 Å². The SMILES string of the molecule is CCCCOC(=O)c1ccc(NC(=O)CSc2cccc(NC(=O)/C(=C/c3ccccc3)NC(=O)c3ccccc3)c2)cc1. The molecule has 0 fully saturated rings. The van der Waals surface area contributed by atoms with Gasteiger partial charge in [0.1, 0.15) is 5.70 Å². The van der Waals surface area contributed by atoms with Gasteiger partial charge < -0.3 is 20.7 Å². The molecule has 0 spiro atoms. The van der Waals surface area contributed by atoms with Gasteiger partial charge in [0.2, 0.25) is 5.91 Å². The molecule has 0 aromatic heterocycles. The van der Waals surface area contributed by atoms with Crippen molar-refractivity contribution in [3.63, 3.8) is 0 Å². The number of amides is 3. The summed E-state index contributed by atoms with van der Waals surface area (Å²) in [6.45, 7) is 2.40. The molecule has 0 saturated heterocycles. The number of ether oxygens (including phenoxy) is 1. The maximum absolute atomic E-state index is 13.3. The van der Waals surface area contributed by atoms with Gasteiger partial charge in [-0.3, -0.25) is 14.4 Å². The molecule has 0 aliphatic carbocycles. The number of carbonyl (C=O) groups is 4. The molecule has 4 aromatic rings. The molecule has 0 bridgehead atoms. The number of thioether (sulfide) groups is 1. The van der Waals surface area contributed by atoms with Crippen molar-refractivity contribution >= 4 is 52.9 Å². The zero-order chi connectivity index (χ0) is 31.1. The monoisotopic (exact) mass is 607 g/mol. The first-order valence-corrected chi connectivity index (χ1v) is 15.1. The fourth-order valence-electron chi connectivity index (χ4n) is 3.95. The number of esters is 1. The van der Waals surface area contributed by atoms with Crippen LogP contribution in [0.3, 0.4) is 0 Å². The minimum atomic E-state index is -0.490. The first kappa shape index (κ1) is 31.8. The predicted molar refractivity (Wildman–Crippen MR) is 174 cm³/mol. The van der Waals surface area contributed by atoms with E-state index >= 15 is 0 Å². The summed E-state index contributed by atoms with van der Waals surface area (Å²) in [6.07, 6.45) is 3.37. The topological polar surface area (TPSA) is 114 Å². The smallest absolute Gasteiger partial charge is 0.338 e. The van der Waals surface area contributed by atoms with E-state index in [-0.39, 0.29) is 23.3 Å². The van der Waals surface area contributed by atoms with Crippen LogP contribution in [-0.2, 0) is 14.3 Å². The zero-order valence-corrected chi connectivity index (χ0v) is 25.1. The Bertz CT molecular complexity index is 1610. The molecule has 3 N–H and O–H groups in total. The van der Waals surface area contributed by atoms with Crippen molar-refractivity contribution in [1.82, 2.24) is 5.32 Å². The molecule has 0 unspecified atom stereocenters. The van der Waals surface area contributed by atoms with Gasteiger partial charge in [-0.15, -0.1) is 11.8 Å². The van der Waals surface area contributed by atoms with Gasteiger partial charge in [0, 0.05) is 21.8 Å². The van der Waals surface area contributed by atoms with Gasteiger partial charge in [-0.2, -0.15) is 0 Å². The highest BCUT2D eigenvalue weighted by molar-refractivity contribution is 8.00. The molecular weight excluding hydrogens is 574 g/mol. The zero-order valence-electron chi connectivity index (χ0n) is 24.2. The third-order valence-corrected chi connectivity index (χ3v) is 7.23. The third-order valence-electron chi connectivity index (χ3n) is 6.24. The van der Waals surface area contributed by atoms with E-state index in [1.165, 1.54) is 11.8 Å². The Morgan fingerprint density at radius 3 is 2.16 bits per heavy atom. The maximum atomic E-state index is 13.3. The molecule has 3 amide bonds. The average molecular weight is 608 g/mol. The lowest BCUT2D eigenvalue weighted by atomic mass is 10.1. The number of hydrogen-bond donors (Lipinski definition) is 3. The molecule has 0 aliphatic heterocycles. The van der Waals surface area contributed by atoms with E-state index in [0.29, 0.717) is 29.1 Å². The summed E-state index contributed by atoms with van der Waals surface area (Å²) >= 11 is 1.31. The summed E-state index contributed by atoms with van der Waals surface area (Å²) in [7, 11) is 0. The summed E-state index contributed by atoms with van der Waals surface area (Å²) in [4.78, 5) is 51.6. The molecule has 0 saturated carbocycles. The molecule has 0 heterocycles. The van der Waals surface area contributed by atoms with Crippen molar-refractivity contribution in [2.75, 3.05) is 23.0 Å². The second-order valence-corrected chi connectivity index (χ2v) is 10.7. The van der Waals surface area contributed by atoms with Crippen LogP contribution in [0.15, 0.2) is 120 Å². The molecule has 0 radical (unpaired) electrons. The summed E-state index contributed by atoms with van der Waals surface area (Å²) < 4.78 is 5.21. The highest BCUT2D eigenvalue weighted by atomic mass is 32.2.